The maximum atomic E-state index is 12.6. The summed E-state index contributed by atoms with van der Waals surface area (Å²) in [5.74, 6) is -2.47. The first-order valence-corrected chi connectivity index (χ1v) is 8.45. The van der Waals surface area contributed by atoms with E-state index >= 15 is 0 Å². The zero-order valence-corrected chi connectivity index (χ0v) is 15.1. The second-order valence-electron chi connectivity index (χ2n) is 6.42. The summed E-state index contributed by atoms with van der Waals surface area (Å²) in [6.45, 7) is 1.68. The highest BCUT2D eigenvalue weighted by Crippen LogP contribution is 2.30. The molecule has 0 saturated heterocycles. The third-order valence-electron chi connectivity index (χ3n) is 4.23. The number of aromatic nitrogens is 2. The van der Waals surface area contributed by atoms with E-state index in [0.29, 0.717) is 11.1 Å². The van der Waals surface area contributed by atoms with Crippen LogP contribution in [0.1, 0.15) is 35.4 Å². The molecule has 0 saturated carbocycles. The lowest BCUT2D eigenvalue weighted by Gasteiger charge is -2.13. The van der Waals surface area contributed by atoms with Crippen LogP contribution < -0.4 is 10.5 Å². The van der Waals surface area contributed by atoms with Crippen LogP contribution in [0.5, 0.6) is 5.75 Å². The van der Waals surface area contributed by atoms with Crippen LogP contribution in [0.2, 0.25) is 0 Å². The summed E-state index contributed by atoms with van der Waals surface area (Å²) in [6.07, 6.45) is -5.03. The van der Waals surface area contributed by atoms with Crippen LogP contribution in [-0.4, -0.2) is 32.9 Å². The van der Waals surface area contributed by atoms with Crippen molar-refractivity contribution in [3.8, 4) is 11.6 Å². The molecule has 3 N–H and O–H groups in total. The number of fused-ring (bicyclic) bond motifs is 1. The zero-order valence-electron chi connectivity index (χ0n) is 15.1. The molecule has 10 heteroatoms. The molecule has 3 rings (SSSR count). The number of pyridine rings is 1. The Bertz CT molecular complexity index is 1090. The van der Waals surface area contributed by atoms with E-state index in [4.69, 9.17) is 10.8 Å². The number of nitrogens with two attached hydrogens (primary N) is 1. The Labute approximate surface area is 162 Å². The van der Waals surface area contributed by atoms with Crippen LogP contribution in [0.25, 0.3) is 16.7 Å². The number of carbonyl (C=O) groups excluding carboxylic acids is 1. The Hall–Kier alpha value is -3.56. The SMILES string of the molecule is CC(CC(=O)O)c1cccc(-n2c(C(N)=O)cc3ccc(OC(F)(F)F)cc32)n1. The second kappa shape index (κ2) is 7.46. The third kappa shape index (κ3) is 4.48. The number of carbonyl (C=O) groups is 2. The lowest BCUT2D eigenvalue weighted by atomic mass is 10.0. The molecular formula is C19H16F3N3O4. The predicted octanol–water partition coefficient (Wildman–Crippen LogP) is 3.60. The van der Waals surface area contributed by atoms with E-state index in [2.05, 4.69) is 9.72 Å². The molecule has 0 aliphatic heterocycles. The third-order valence-corrected chi connectivity index (χ3v) is 4.23. The molecule has 7 nitrogen and oxygen atoms in total. The van der Waals surface area contributed by atoms with Gasteiger partial charge in [0.2, 0.25) is 0 Å². The summed E-state index contributed by atoms with van der Waals surface area (Å²) in [5, 5.41) is 9.44. The van der Waals surface area contributed by atoms with Crippen molar-refractivity contribution in [1.29, 1.82) is 0 Å². The maximum Gasteiger partial charge on any atom is 0.573 e. The summed E-state index contributed by atoms with van der Waals surface area (Å²) in [6, 6.07) is 9.85. The Morgan fingerprint density at radius 2 is 1.97 bits per heavy atom. The molecule has 29 heavy (non-hydrogen) atoms. The lowest BCUT2D eigenvalue weighted by Crippen LogP contribution is -2.18. The predicted molar refractivity (Wildman–Crippen MR) is 96.9 cm³/mol. The zero-order chi connectivity index (χ0) is 21.3. The molecule has 1 amide bonds. The first-order valence-electron chi connectivity index (χ1n) is 8.45. The van der Waals surface area contributed by atoms with Crippen molar-refractivity contribution in [1.82, 2.24) is 9.55 Å². The van der Waals surface area contributed by atoms with E-state index < -0.39 is 29.9 Å². The summed E-state index contributed by atoms with van der Waals surface area (Å²) in [4.78, 5) is 27.3. The molecule has 2 aromatic heterocycles. The number of rotatable bonds is 6. The number of alkyl halides is 3. The molecule has 0 aliphatic carbocycles. The van der Waals surface area contributed by atoms with E-state index in [9.17, 15) is 22.8 Å². The van der Waals surface area contributed by atoms with Crippen LogP contribution in [-0.2, 0) is 4.79 Å². The first-order chi connectivity index (χ1) is 13.5. The van der Waals surface area contributed by atoms with Gasteiger partial charge in [-0.05, 0) is 30.3 Å². The number of carboxylic acids is 1. The Balaban J connectivity index is 2.16. The number of benzene rings is 1. The minimum atomic E-state index is -4.87. The minimum absolute atomic E-state index is 0.0136. The highest BCUT2D eigenvalue weighted by atomic mass is 19.4. The smallest absolute Gasteiger partial charge is 0.481 e. The molecule has 1 atom stereocenters. The van der Waals surface area contributed by atoms with E-state index in [1.54, 1.807) is 25.1 Å². The number of primary amides is 1. The van der Waals surface area contributed by atoms with Crippen LogP contribution in [0.15, 0.2) is 42.5 Å². The average molecular weight is 407 g/mol. The second-order valence-corrected chi connectivity index (χ2v) is 6.42. The van der Waals surface area contributed by atoms with Gasteiger partial charge in [0.25, 0.3) is 5.91 Å². The standard InChI is InChI=1S/C19H16F3N3O4/c1-10(7-17(26)27)13-3-2-4-16(24-13)25-14-9-12(29-19(20,21)22)6-5-11(14)8-15(25)18(23)28/h2-6,8-10H,7H2,1H3,(H2,23,28)(H,26,27). The Morgan fingerprint density at radius 3 is 2.59 bits per heavy atom. The number of nitrogens with zero attached hydrogens (tertiary/aromatic N) is 2. The molecule has 1 unspecified atom stereocenters. The van der Waals surface area contributed by atoms with Crippen molar-refractivity contribution >= 4 is 22.8 Å². The minimum Gasteiger partial charge on any atom is -0.481 e. The van der Waals surface area contributed by atoms with E-state index in [1.807, 2.05) is 0 Å². The van der Waals surface area contributed by atoms with Crippen LogP contribution >= 0.6 is 0 Å². The summed E-state index contributed by atoms with van der Waals surface area (Å²) in [5.41, 5.74) is 6.14. The van der Waals surface area contributed by atoms with Gasteiger partial charge in [0.05, 0.1) is 11.9 Å². The van der Waals surface area contributed by atoms with Crippen LogP contribution in [0, 0.1) is 0 Å². The van der Waals surface area contributed by atoms with E-state index in [-0.39, 0.29) is 23.4 Å². The van der Waals surface area contributed by atoms with Crippen molar-refractivity contribution in [3.05, 3.63) is 53.9 Å². The topological polar surface area (TPSA) is 107 Å². The van der Waals surface area contributed by atoms with Gasteiger partial charge in [0.1, 0.15) is 17.3 Å². The number of hydrogen-bond donors (Lipinski definition) is 2. The Morgan fingerprint density at radius 1 is 1.24 bits per heavy atom. The molecule has 2 heterocycles. The number of carboxylic acid groups (broad SMARTS) is 1. The van der Waals surface area contributed by atoms with Gasteiger partial charge < -0.3 is 15.6 Å². The summed E-state index contributed by atoms with van der Waals surface area (Å²) < 4.78 is 43.0. The number of hydrogen-bond acceptors (Lipinski definition) is 4. The summed E-state index contributed by atoms with van der Waals surface area (Å²) in [7, 11) is 0. The van der Waals surface area contributed by atoms with Crippen LogP contribution in [0.3, 0.4) is 0 Å². The van der Waals surface area contributed by atoms with E-state index in [0.717, 1.165) is 12.1 Å². The average Bonchev–Trinajstić information content (AvgIpc) is 2.99. The highest BCUT2D eigenvalue weighted by molar-refractivity contribution is 5.99. The van der Waals surface area contributed by atoms with Crippen molar-refractivity contribution in [2.45, 2.75) is 25.6 Å². The fourth-order valence-corrected chi connectivity index (χ4v) is 3.01. The normalized spacial score (nSPS) is 12.7. The fourth-order valence-electron chi connectivity index (χ4n) is 3.01. The Kier molecular flexibility index (Phi) is 5.19. The number of amides is 1. The molecule has 3 aromatic rings. The van der Waals surface area contributed by atoms with Gasteiger partial charge >= 0.3 is 12.3 Å². The summed E-state index contributed by atoms with van der Waals surface area (Å²) >= 11 is 0. The van der Waals surface area contributed by atoms with Gasteiger partial charge in [0, 0.05) is 23.1 Å². The molecule has 1 aromatic carbocycles. The van der Waals surface area contributed by atoms with Crippen LogP contribution in [0.4, 0.5) is 13.2 Å². The first kappa shape index (κ1) is 20.2. The van der Waals surface area contributed by atoms with Crippen molar-refractivity contribution in [2.24, 2.45) is 5.73 Å². The molecule has 0 aliphatic rings. The molecular weight excluding hydrogens is 391 g/mol. The lowest BCUT2D eigenvalue weighted by molar-refractivity contribution is -0.274. The number of ether oxygens (including phenoxy) is 1. The number of halogens is 3. The van der Waals surface area contributed by atoms with E-state index in [1.165, 1.54) is 16.7 Å². The highest BCUT2D eigenvalue weighted by Gasteiger charge is 2.31. The van der Waals surface area contributed by atoms with Crippen molar-refractivity contribution in [2.75, 3.05) is 0 Å². The molecule has 152 valence electrons. The monoisotopic (exact) mass is 407 g/mol. The van der Waals surface area contributed by atoms with Gasteiger partial charge in [-0.1, -0.05) is 13.0 Å². The van der Waals surface area contributed by atoms with Gasteiger partial charge in [-0.25, -0.2) is 4.98 Å². The molecule has 0 bridgehead atoms. The quantitative estimate of drug-likeness (QED) is 0.649. The maximum absolute atomic E-state index is 12.6. The van der Waals surface area contributed by atoms with Crippen molar-refractivity contribution in [3.63, 3.8) is 0 Å². The van der Waals surface area contributed by atoms with Crippen molar-refractivity contribution < 1.29 is 32.6 Å². The molecule has 0 fully saturated rings. The number of aliphatic carboxylic acids is 1. The molecule has 0 spiro atoms. The fraction of sp³-hybridized carbons (Fsp3) is 0.211. The largest absolute Gasteiger partial charge is 0.573 e. The van der Waals surface area contributed by atoms with Gasteiger partial charge in [0.15, 0.2) is 0 Å². The van der Waals surface area contributed by atoms with Gasteiger partial charge in [-0.15, -0.1) is 13.2 Å². The molecule has 0 radical (unpaired) electrons. The van der Waals surface area contributed by atoms with Gasteiger partial charge in [-0.3, -0.25) is 14.2 Å². The van der Waals surface area contributed by atoms with Gasteiger partial charge in [-0.2, -0.15) is 0 Å².